The highest BCUT2D eigenvalue weighted by molar-refractivity contribution is 7.99. The van der Waals surface area contributed by atoms with Crippen LogP contribution in [0.3, 0.4) is 0 Å². The molecular weight excluding hydrogens is 384 g/mol. The Kier molecular flexibility index (Phi) is 6.59. The number of aromatic nitrogens is 3. The fourth-order valence-electron chi connectivity index (χ4n) is 3.06. The Morgan fingerprint density at radius 2 is 1.69 bits per heavy atom. The first kappa shape index (κ1) is 20.9. The summed E-state index contributed by atoms with van der Waals surface area (Å²) >= 11 is 1.36. The average Bonchev–Trinajstić information content (AvgIpc) is 3.02. The highest BCUT2D eigenvalue weighted by Gasteiger charge is 2.13. The van der Waals surface area contributed by atoms with Crippen LogP contribution in [0.5, 0.6) is 5.75 Å². The van der Waals surface area contributed by atoms with Gasteiger partial charge in [-0.1, -0.05) is 47.2 Å². The Hall–Kier alpha value is -2.80. The van der Waals surface area contributed by atoms with Gasteiger partial charge in [-0.05, 0) is 51.0 Å². The van der Waals surface area contributed by atoms with Crippen molar-refractivity contribution in [3.63, 3.8) is 0 Å². The summed E-state index contributed by atoms with van der Waals surface area (Å²) in [6.07, 6.45) is 0. The van der Waals surface area contributed by atoms with Gasteiger partial charge < -0.3 is 14.6 Å². The number of nitrogens with zero attached hydrogens (tertiary/aromatic N) is 3. The van der Waals surface area contributed by atoms with Crippen LogP contribution in [0, 0.1) is 27.7 Å². The normalized spacial score (nSPS) is 10.8. The summed E-state index contributed by atoms with van der Waals surface area (Å²) < 4.78 is 7.63. The van der Waals surface area contributed by atoms with Crippen LogP contribution in [0.25, 0.3) is 0 Å². The van der Waals surface area contributed by atoms with E-state index in [1.54, 1.807) is 0 Å². The minimum atomic E-state index is -0.0643. The zero-order valence-corrected chi connectivity index (χ0v) is 18.3. The van der Waals surface area contributed by atoms with Crippen molar-refractivity contribution in [2.24, 2.45) is 7.05 Å². The molecule has 0 aliphatic carbocycles. The molecule has 0 radical (unpaired) electrons. The third-order valence-electron chi connectivity index (χ3n) is 4.59. The number of carbonyl (C=O) groups is 1. The van der Waals surface area contributed by atoms with Gasteiger partial charge in [0.05, 0.1) is 5.75 Å². The Labute approximate surface area is 175 Å². The molecule has 29 heavy (non-hydrogen) atoms. The standard InChI is InChI=1S/C22H26N4O2S/c1-14-6-8-18(9-7-14)28-12-19-24-25-22(26(19)5)29-13-20(27)23-21-16(3)10-15(2)11-17(21)4/h6-11H,12-13H2,1-5H3,(H,23,27). The summed E-state index contributed by atoms with van der Waals surface area (Å²) in [6.45, 7) is 8.42. The number of thioether (sulfide) groups is 1. The van der Waals surface area contributed by atoms with Crippen LogP contribution >= 0.6 is 11.8 Å². The monoisotopic (exact) mass is 410 g/mol. The molecule has 2 aromatic carbocycles. The maximum absolute atomic E-state index is 12.4. The topological polar surface area (TPSA) is 69.0 Å². The van der Waals surface area contributed by atoms with Gasteiger partial charge in [0, 0.05) is 12.7 Å². The number of anilines is 1. The van der Waals surface area contributed by atoms with Crippen LogP contribution in [0.15, 0.2) is 41.6 Å². The van der Waals surface area contributed by atoms with E-state index in [0.717, 1.165) is 22.6 Å². The van der Waals surface area contributed by atoms with E-state index in [1.807, 2.05) is 56.7 Å². The summed E-state index contributed by atoms with van der Waals surface area (Å²) in [5.74, 6) is 1.69. The number of benzene rings is 2. The second kappa shape index (κ2) is 9.13. The Bertz CT molecular complexity index is 989. The van der Waals surface area contributed by atoms with Gasteiger partial charge in [0.2, 0.25) is 5.91 Å². The predicted octanol–water partition coefficient (Wildman–Crippen LogP) is 4.36. The first-order valence-electron chi connectivity index (χ1n) is 9.41. The van der Waals surface area contributed by atoms with Gasteiger partial charge in [0.25, 0.3) is 0 Å². The second-order valence-corrected chi connectivity index (χ2v) is 8.11. The lowest BCUT2D eigenvalue weighted by atomic mass is 10.1. The summed E-state index contributed by atoms with van der Waals surface area (Å²) in [6, 6.07) is 12.0. The number of carbonyl (C=O) groups excluding carboxylic acids is 1. The first-order valence-corrected chi connectivity index (χ1v) is 10.4. The summed E-state index contributed by atoms with van der Waals surface area (Å²) in [7, 11) is 1.88. The summed E-state index contributed by atoms with van der Waals surface area (Å²) in [4.78, 5) is 12.4. The van der Waals surface area contributed by atoms with E-state index < -0.39 is 0 Å². The number of ether oxygens (including phenoxy) is 1. The third-order valence-corrected chi connectivity index (χ3v) is 5.61. The van der Waals surface area contributed by atoms with Gasteiger partial charge in [-0.15, -0.1) is 10.2 Å². The lowest BCUT2D eigenvalue weighted by Crippen LogP contribution is -2.16. The SMILES string of the molecule is Cc1ccc(OCc2nnc(SCC(=O)Nc3c(C)cc(C)cc3C)n2C)cc1. The number of aryl methyl sites for hydroxylation is 4. The van der Waals surface area contributed by atoms with Crippen molar-refractivity contribution in [2.75, 3.05) is 11.1 Å². The highest BCUT2D eigenvalue weighted by atomic mass is 32.2. The third kappa shape index (κ3) is 5.38. The minimum absolute atomic E-state index is 0.0643. The maximum Gasteiger partial charge on any atom is 0.234 e. The van der Waals surface area contributed by atoms with E-state index in [1.165, 1.54) is 22.9 Å². The molecule has 0 saturated carbocycles. The molecule has 0 fully saturated rings. The molecule has 1 N–H and O–H groups in total. The molecule has 1 amide bonds. The number of amides is 1. The summed E-state index contributed by atoms with van der Waals surface area (Å²) in [5.41, 5.74) is 5.38. The number of rotatable bonds is 7. The molecular formula is C22H26N4O2S. The van der Waals surface area contributed by atoms with Crippen molar-refractivity contribution in [3.05, 3.63) is 64.5 Å². The average molecular weight is 411 g/mol. The molecule has 1 aromatic heterocycles. The quantitative estimate of drug-likeness (QED) is 0.586. The van der Waals surface area contributed by atoms with E-state index in [2.05, 4.69) is 34.6 Å². The highest BCUT2D eigenvalue weighted by Crippen LogP contribution is 2.23. The van der Waals surface area contributed by atoms with E-state index in [0.29, 0.717) is 17.6 Å². The van der Waals surface area contributed by atoms with Gasteiger partial charge in [-0.2, -0.15) is 0 Å². The molecule has 1 heterocycles. The summed E-state index contributed by atoms with van der Waals surface area (Å²) in [5, 5.41) is 12.1. The molecule has 0 atom stereocenters. The van der Waals surface area contributed by atoms with Crippen LogP contribution in [0.4, 0.5) is 5.69 Å². The zero-order valence-electron chi connectivity index (χ0n) is 17.4. The predicted molar refractivity (Wildman–Crippen MR) is 117 cm³/mol. The van der Waals surface area contributed by atoms with Crippen molar-refractivity contribution in [1.82, 2.24) is 14.8 Å². The lowest BCUT2D eigenvalue weighted by molar-refractivity contribution is -0.113. The van der Waals surface area contributed by atoms with Crippen molar-refractivity contribution < 1.29 is 9.53 Å². The van der Waals surface area contributed by atoms with Gasteiger partial charge >= 0.3 is 0 Å². The molecule has 0 saturated heterocycles. The molecule has 0 spiro atoms. The van der Waals surface area contributed by atoms with Crippen LogP contribution < -0.4 is 10.1 Å². The number of hydrogen-bond donors (Lipinski definition) is 1. The van der Waals surface area contributed by atoms with Crippen molar-refractivity contribution in [1.29, 1.82) is 0 Å². The molecule has 0 bridgehead atoms. The molecule has 152 valence electrons. The minimum Gasteiger partial charge on any atom is -0.486 e. The van der Waals surface area contributed by atoms with Crippen LogP contribution in [0.2, 0.25) is 0 Å². The molecule has 6 nitrogen and oxygen atoms in total. The van der Waals surface area contributed by atoms with E-state index in [9.17, 15) is 4.79 Å². The molecule has 3 rings (SSSR count). The zero-order chi connectivity index (χ0) is 21.0. The van der Waals surface area contributed by atoms with Gasteiger partial charge in [-0.3, -0.25) is 4.79 Å². The largest absolute Gasteiger partial charge is 0.486 e. The van der Waals surface area contributed by atoms with Gasteiger partial charge in [-0.25, -0.2) is 0 Å². The Morgan fingerprint density at radius 1 is 1.03 bits per heavy atom. The Balaban J connectivity index is 1.56. The molecule has 7 heteroatoms. The van der Waals surface area contributed by atoms with Gasteiger partial charge in [0.1, 0.15) is 12.4 Å². The van der Waals surface area contributed by atoms with Crippen LogP contribution in [-0.2, 0) is 18.4 Å². The van der Waals surface area contributed by atoms with E-state index in [4.69, 9.17) is 4.74 Å². The Morgan fingerprint density at radius 3 is 2.34 bits per heavy atom. The molecule has 0 aliphatic rings. The maximum atomic E-state index is 12.4. The van der Waals surface area contributed by atoms with Crippen LogP contribution in [-0.4, -0.2) is 26.4 Å². The van der Waals surface area contributed by atoms with E-state index in [-0.39, 0.29) is 11.7 Å². The number of nitrogens with one attached hydrogen (secondary N) is 1. The fraction of sp³-hybridized carbons (Fsp3) is 0.318. The van der Waals surface area contributed by atoms with Gasteiger partial charge in [0.15, 0.2) is 11.0 Å². The molecule has 3 aromatic rings. The molecule has 0 aliphatic heterocycles. The van der Waals surface area contributed by atoms with Crippen molar-refractivity contribution in [3.8, 4) is 5.75 Å². The second-order valence-electron chi connectivity index (χ2n) is 7.17. The van der Waals surface area contributed by atoms with E-state index >= 15 is 0 Å². The first-order chi connectivity index (χ1) is 13.8. The van der Waals surface area contributed by atoms with Crippen LogP contribution in [0.1, 0.15) is 28.1 Å². The smallest absolute Gasteiger partial charge is 0.234 e. The lowest BCUT2D eigenvalue weighted by Gasteiger charge is -2.12. The van der Waals surface area contributed by atoms with Crippen molar-refractivity contribution in [2.45, 2.75) is 39.5 Å². The molecule has 0 unspecified atom stereocenters. The fourth-order valence-corrected chi connectivity index (χ4v) is 3.79. The number of hydrogen-bond acceptors (Lipinski definition) is 5. The van der Waals surface area contributed by atoms with Crippen molar-refractivity contribution >= 4 is 23.4 Å².